The van der Waals surface area contributed by atoms with Gasteiger partial charge in [-0.05, 0) is 39.7 Å². The van der Waals surface area contributed by atoms with Crippen LogP contribution in [0.15, 0.2) is 18.5 Å². The quantitative estimate of drug-likeness (QED) is 0.833. The molecule has 0 saturated carbocycles. The highest BCUT2D eigenvalue weighted by Crippen LogP contribution is 2.22. The van der Waals surface area contributed by atoms with Crippen LogP contribution in [0.4, 0.5) is 5.95 Å². The maximum absolute atomic E-state index is 12.1. The van der Waals surface area contributed by atoms with Crippen LogP contribution < -0.4 is 10.4 Å². The third-order valence-electron chi connectivity index (χ3n) is 2.82. The van der Waals surface area contributed by atoms with Crippen LogP contribution >= 0.6 is 0 Å². The maximum atomic E-state index is 12.1. The van der Waals surface area contributed by atoms with Crippen LogP contribution in [0.25, 0.3) is 0 Å². The Morgan fingerprint density at radius 1 is 1.42 bits per heavy atom. The Hall–Kier alpha value is -1.69. The highest BCUT2D eigenvalue weighted by molar-refractivity contribution is 5.84. The van der Waals surface area contributed by atoms with E-state index in [-0.39, 0.29) is 11.9 Å². The zero-order valence-corrected chi connectivity index (χ0v) is 11.6. The van der Waals surface area contributed by atoms with Crippen LogP contribution in [-0.2, 0) is 9.63 Å². The predicted molar refractivity (Wildman–Crippen MR) is 71.4 cm³/mol. The molecule has 1 saturated heterocycles. The second kappa shape index (κ2) is 5.52. The summed E-state index contributed by atoms with van der Waals surface area (Å²) in [6.07, 6.45) is 5.10. The minimum atomic E-state index is -0.400. The number of carbonyl (C=O) groups excluding carboxylic acids is 1. The number of hydrogen-bond donors (Lipinski definition) is 1. The van der Waals surface area contributed by atoms with E-state index >= 15 is 0 Å². The van der Waals surface area contributed by atoms with E-state index in [9.17, 15) is 4.79 Å². The first-order chi connectivity index (χ1) is 8.97. The molecule has 1 atom stereocenters. The van der Waals surface area contributed by atoms with Gasteiger partial charge in [-0.1, -0.05) is 0 Å². The second-order valence-corrected chi connectivity index (χ2v) is 5.58. The van der Waals surface area contributed by atoms with E-state index < -0.39 is 5.60 Å². The zero-order chi connectivity index (χ0) is 13.9. The molecule has 104 valence electrons. The average Bonchev–Trinajstić information content (AvgIpc) is 2.85. The lowest BCUT2D eigenvalue weighted by Gasteiger charge is -2.25. The highest BCUT2D eigenvalue weighted by atomic mass is 16.7. The van der Waals surface area contributed by atoms with Crippen molar-refractivity contribution in [1.29, 1.82) is 0 Å². The fourth-order valence-electron chi connectivity index (χ4n) is 1.99. The maximum Gasteiger partial charge on any atom is 0.266 e. The zero-order valence-electron chi connectivity index (χ0n) is 11.6. The third kappa shape index (κ3) is 3.64. The molecule has 0 spiro atoms. The minimum Gasteiger partial charge on any atom is -0.329 e. The Morgan fingerprint density at radius 2 is 2.11 bits per heavy atom. The summed E-state index contributed by atoms with van der Waals surface area (Å²) in [4.78, 5) is 27.8. The van der Waals surface area contributed by atoms with Gasteiger partial charge in [0.15, 0.2) is 0 Å². The Labute approximate surface area is 113 Å². The van der Waals surface area contributed by atoms with E-state index in [4.69, 9.17) is 4.84 Å². The van der Waals surface area contributed by atoms with Gasteiger partial charge in [-0.25, -0.2) is 15.4 Å². The standard InChI is InChI=1S/C13H20N4O2/c1-13(2,3)19-16-11(18)10-6-4-9-17(10)12-14-7-5-8-15-12/h5,7-8,10H,4,6,9H2,1-3H3,(H,16,18). The van der Waals surface area contributed by atoms with Crippen molar-refractivity contribution in [2.75, 3.05) is 11.4 Å². The van der Waals surface area contributed by atoms with E-state index in [0.717, 1.165) is 19.4 Å². The minimum absolute atomic E-state index is 0.139. The predicted octanol–water partition coefficient (Wildman–Crippen LogP) is 1.29. The Kier molecular flexibility index (Phi) is 3.99. The number of rotatable bonds is 3. The van der Waals surface area contributed by atoms with Crippen LogP contribution in [0.1, 0.15) is 33.6 Å². The van der Waals surface area contributed by atoms with Gasteiger partial charge < -0.3 is 4.90 Å². The number of nitrogens with zero attached hydrogens (tertiary/aromatic N) is 3. The van der Waals surface area contributed by atoms with Crippen molar-refractivity contribution in [3.63, 3.8) is 0 Å². The lowest BCUT2D eigenvalue weighted by atomic mass is 10.2. The molecule has 1 aliphatic heterocycles. The Balaban J connectivity index is 2.01. The van der Waals surface area contributed by atoms with Gasteiger partial charge in [0, 0.05) is 18.9 Å². The Bertz CT molecular complexity index is 430. The summed E-state index contributed by atoms with van der Waals surface area (Å²) >= 11 is 0. The van der Waals surface area contributed by atoms with Gasteiger partial charge in [0.1, 0.15) is 6.04 Å². The van der Waals surface area contributed by atoms with Crippen LogP contribution in [0.3, 0.4) is 0 Å². The average molecular weight is 264 g/mol. The van der Waals surface area contributed by atoms with Crippen molar-refractivity contribution in [2.24, 2.45) is 0 Å². The fourth-order valence-corrected chi connectivity index (χ4v) is 1.99. The number of carbonyl (C=O) groups is 1. The molecule has 2 rings (SSSR count). The first-order valence-corrected chi connectivity index (χ1v) is 6.49. The summed E-state index contributed by atoms with van der Waals surface area (Å²) in [6, 6.07) is 1.50. The van der Waals surface area contributed by atoms with Gasteiger partial charge in [-0.3, -0.25) is 9.63 Å². The summed E-state index contributed by atoms with van der Waals surface area (Å²) in [7, 11) is 0. The van der Waals surface area contributed by atoms with Crippen molar-refractivity contribution < 1.29 is 9.63 Å². The molecule has 1 aliphatic rings. The van der Waals surface area contributed by atoms with Crippen molar-refractivity contribution >= 4 is 11.9 Å². The monoisotopic (exact) mass is 264 g/mol. The van der Waals surface area contributed by atoms with Gasteiger partial charge in [0.2, 0.25) is 5.95 Å². The number of aromatic nitrogens is 2. The molecular formula is C13H20N4O2. The molecule has 1 fully saturated rings. The first-order valence-electron chi connectivity index (χ1n) is 6.49. The largest absolute Gasteiger partial charge is 0.329 e. The second-order valence-electron chi connectivity index (χ2n) is 5.58. The molecular weight excluding hydrogens is 244 g/mol. The van der Waals surface area contributed by atoms with Gasteiger partial charge in [0.05, 0.1) is 5.60 Å². The molecule has 1 N–H and O–H groups in total. The highest BCUT2D eigenvalue weighted by Gasteiger charge is 2.33. The van der Waals surface area contributed by atoms with Gasteiger partial charge in [0.25, 0.3) is 5.91 Å². The Morgan fingerprint density at radius 3 is 2.74 bits per heavy atom. The van der Waals surface area contributed by atoms with Crippen LogP contribution in [-0.4, -0.2) is 34.1 Å². The SMILES string of the molecule is CC(C)(C)ONC(=O)C1CCCN1c1ncccn1. The number of hydrogen-bond acceptors (Lipinski definition) is 5. The topological polar surface area (TPSA) is 67.3 Å². The van der Waals surface area contributed by atoms with Crippen LogP contribution in [0.2, 0.25) is 0 Å². The van der Waals surface area contributed by atoms with Gasteiger partial charge >= 0.3 is 0 Å². The molecule has 6 nitrogen and oxygen atoms in total. The molecule has 0 aromatic carbocycles. The van der Waals surface area contributed by atoms with E-state index in [1.165, 1.54) is 0 Å². The summed E-state index contributed by atoms with van der Waals surface area (Å²) in [5.74, 6) is 0.454. The molecule has 1 aromatic rings. The molecule has 19 heavy (non-hydrogen) atoms. The smallest absolute Gasteiger partial charge is 0.266 e. The normalized spacial score (nSPS) is 19.5. The lowest BCUT2D eigenvalue weighted by Crippen LogP contribution is -2.46. The molecule has 0 aliphatic carbocycles. The van der Waals surface area contributed by atoms with E-state index in [2.05, 4.69) is 15.4 Å². The van der Waals surface area contributed by atoms with Crippen molar-refractivity contribution in [3.8, 4) is 0 Å². The van der Waals surface area contributed by atoms with E-state index in [1.807, 2.05) is 25.7 Å². The number of hydroxylamine groups is 1. The summed E-state index contributed by atoms with van der Waals surface area (Å²) in [6.45, 7) is 6.46. The van der Waals surface area contributed by atoms with Crippen LogP contribution in [0.5, 0.6) is 0 Å². The number of amides is 1. The number of anilines is 1. The van der Waals surface area contributed by atoms with E-state index in [0.29, 0.717) is 5.95 Å². The molecule has 2 heterocycles. The molecule has 0 bridgehead atoms. The van der Waals surface area contributed by atoms with Gasteiger partial charge in [-0.2, -0.15) is 0 Å². The molecule has 0 radical (unpaired) electrons. The van der Waals surface area contributed by atoms with Gasteiger partial charge in [-0.15, -0.1) is 0 Å². The van der Waals surface area contributed by atoms with Crippen LogP contribution in [0, 0.1) is 0 Å². The van der Waals surface area contributed by atoms with E-state index in [1.54, 1.807) is 18.5 Å². The van der Waals surface area contributed by atoms with Crippen molar-refractivity contribution in [2.45, 2.75) is 45.3 Å². The molecule has 1 amide bonds. The first kappa shape index (κ1) is 13.7. The summed E-state index contributed by atoms with van der Waals surface area (Å²) < 4.78 is 0. The summed E-state index contributed by atoms with van der Waals surface area (Å²) in [5.41, 5.74) is 2.13. The number of nitrogens with one attached hydrogen (secondary N) is 1. The lowest BCUT2D eigenvalue weighted by molar-refractivity contribution is -0.146. The van der Waals surface area contributed by atoms with Crippen molar-refractivity contribution in [1.82, 2.24) is 15.4 Å². The fraction of sp³-hybridized carbons (Fsp3) is 0.615. The summed E-state index contributed by atoms with van der Waals surface area (Å²) in [5, 5.41) is 0. The molecule has 6 heteroatoms. The third-order valence-corrected chi connectivity index (χ3v) is 2.82. The molecule has 1 aromatic heterocycles. The molecule has 1 unspecified atom stereocenters. The van der Waals surface area contributed by atoms with Crippen molar-refractivity contribution in [3.05, 3.63) is 18.5 Å².